The number of hydrogen-bond acceptors (Lipinski definition) is 5. The van der Waals surface area contributed by atoms with Crippen LogP contribution >= 0.6 is 11.6 Å². The van der Waals surface area contributed by atoms with Crippen molar-refractivity contribution in [1.82, 2.24) is 9.55 Å². The van der Waals surface area contributed by atoms with Crippen molar-refractivity contribution < 1.29 is 15.0 Å². The van der Waals surface area contributed by atoms with Gasteiger partial charge in [-0.25, -0.2) is 9.78 Å². The summed E-state index contributed by atoms with van der Waals surface area (Å²) in [5, 5.41) is 38.0. The zero-order valence-corrected chi connectivity index (χ0v) is 16.1. The number of carboxylic acids is 1. The first-order valence-electron chi connectivity index (χ1n) is 8.52. The number of aliphatic hydroxyl groups is 1. The summed E-state index contributed by atoms with van der Waals surface area (Å²) in [4.78, 5) is 16.0. The number of benzene rings is 1. The minimum Gasteiger partial charge on any atom is -0.478 e. The van der Waals surface area contributed by atoms with Gasteiger partial charge in [0.05, 0.1) is 24.8 Å². The SMILES string of the molecule is Cc1c(-c2ccc(C#N)cc2)c(C(=O)O)c(C#N)n1Cc1cnc(Cl)c(CO)c1. The molecule has 0 aliphatic rings. The molecule has 0 radical (unpaired) electrons. The number of halogens is 1. The molecule has 0 amide bonds. The summed E-state index contributed by atoms with van der Waals surface area (Å²) < 4.78 is 1.60. The number of aromatic nitrogens is 2. The Morgan fingerprint density at radius 1 is 1.24 bits per heavy atom. The Hall–Kier alpha value is -3.65. The fourth-order valence-electron chi connectivity index (χ4n) is 3.25. The lowest BCUT2D eigenvalue weighted by atomic mass is 9.99. The highest BCUT2D eigenvalue weighted by atomic mass is 35.5. The Balaban J connectivity index is 2.19. The molecule has 3 rings (SSSR count). The smallest absolute Gasteiger partial charge is 0.339 e. The number of carbonyl (C=O) groups is 1. The van der Waals surface area contributed by atoms with E-state index >= 15 is 0 Å². The predicted octanol–water partition coefficient (Wildman–Crippen LogP) is 3.49. The molecule has 0 saturated carbocycles. The first-order chi connectivity index (χ1) is 13.9. The molecule has 0 spiro atoms. The normalized spacial score (nSPS) is 10.4. The molecular weight excluding hydrogens is 392 g/mol. The van der Waals surface area contributed by atoms with Crippen LogP contribution in [0.15, 0.2) is 36.5 Å². The molecule has 0 aliphatic carbocycles. The summed E-state index contributed by atoms with van der Waals surface area (Å²) in [5.41, 5.74) is 3.07. The molecule has 0 aliphatic heterocycles. The molecule has 2 heterocycles. The summed E-state index contributed by atoms with van der Waals surface area (Å²) in [7, 11) is 0. The van der Waals surface area contributed by atoms with Crippen LogP contribution in [-0.4, -0.2) is 25.7 Å². The molecule has 0 fully saturated rings. The van der Waals surface area contributed by atoms with Crippen LogP contribution in [-0.2, 0) is 13.2 Å². The van der Waals surface area contributed by atoms with Crippen molar-refractivity contribution in [2.75, 3.05) is 0 Å². The maximum atomic E-state index is 12.0. The minimum atomic E-state index is -1.21. The minimum absolute atomic E-state index is 0.00913. The van der Waals surface area contributed by atoms with E-state index in [4.69, 9.17) is 16.9 Å². The van der Waals surface area contributed by atoms with E-state index in [9.17, 15) is 20.3 Å². The second-order valence-electron chi connectivity index (χ2n) is 6.33. The highest BCUT2D eigenvalue weighted by Crippen LogP contribution is 2.33. The van der Waals surface area contributed by atoms with Gasteiger partial charge in [0.1, 0.15) is 22.5 Å². The average Bonchev–Trinajstić information content (AvgIpc) is 3.01. The third kappa shape index (κ3) is 3.70. The third-order valence-corrected chi connectivity index (χ3v) is 4.97. The van der Waals surface area contributed by atoms with Crippen LogP contribution in [0.1, 0.15) is 38.4 Å². The number of nitriles is 2. The van der Waals surface area contributed by atoms with Gasteiger partial charge < -0.3 is 14.8 Å². The molecule has 29 heavy (non-hydrogen) atoms. The molecule has 2 aromatic heterocycles. The lowest BCUT2D eigenvalue weighted by Gasteiger charge is -2.10. The van der Waals surface area contributed by atoms with Gasteiger partial charge in [0.2, 0.25) is 0 Å². The summed E-state index contributed by atoms with van der Waals surface area (Å²) >= 11 is 5.93. The van der Waals surface area contributed by atoms with E-state index in [1.165, 1.54) is 6.20 Å². The molecule has 8 heteroatoms. The van der Waals surface area contributed by atoms with Crippen LogP contribution in [0.5, 0.6) is 0 Å². The number of nitrogens with zero attached hydrogens (tertiary/aromatic N) is 4. The number of rotatable bonds is 5. The number of aromatic carboxylic acids is 1. The van der Waals surface area contributed by atoms with Crippen LogP contribution in [0.2, 0.25) is 5.15 Å². The van der Waals surface area contributed by atoms with Crippen LogP contribution < -0.4 is 0 Å². The monoisotopic (exact) mass is 406 g/mol. The van der Waals surface area contributed by atoms with E-state index in [1.807, 2.05) is 12.1 Å². The Kier molecular flexibility index (Phi) is 5.65. The largest absolute Gasteiger partial charge is 0.478 e. The van der Waals surface area contributed by atoms with Gasteiger partial charge in [-0.1, -0.05) is 23.7 Å². The van der Waals surface area contributed by atoms with Crippen molar-refractivity contribution in [3.63, 3.8) is 0 Å². The molecule has 0 saturated heterocycles. The summed E-state index contributed by atoms with van der Waals surface area (Å²) in [6.07, 6.45) is 1.52. The molecule has 7 nitrogen and oxygen atoms in total. The van der Waals surface area contributed by atoms with Gasteiger partial charge in [0.15, 0.2) is 0 Å². The highest BCUT2D eigenvalue weighted by molar-refractivity contribution is 6.30. The molecule has 1 aromatic carbocycles. The van der Waals surface area contributed by atoms with Gasteiger partial charge in [0, 0.05) is 23.0 Å². The van der Waals surface area contributed by atoms with Gasteiger partial charge in [-0.2, -0.15) is 10.5 Å². The molecular formula is C21H15ClN4O3. The Morgan fingerprint density at radius 2 is 1.93 bits per heavy atom. The summed E-state index contributed by atoms with van der Waals surface area (Å²) in [5.74, 6) is -1.21. The molecule has 3 aromatic rings. The summed E-state index contributed by atoms with van der Waals surface area (Å²) in [6, 6.07) is 12.2. The average molecular weight is 407 g/mol. The van der Waals surface area contributed by atoms with E-state index in [2.05, 4.69) is 4.98 Å². The Bertz CT molecular complexity index is 1180. The maximum Gasteiger partial charge on any atom is 0.339 e. The van der Waals surface area contributed by atoms with E-state index < -0.39 is 5.97 Å². The van der Waals surface area contributed by atoms with Crippen molar-refractivity contribution >= 4 is 17.6 Å². The zero-order chi connectivity index (χ0) is 21.1. The highest BCUT2D eigenvalue weighted by Gasteiger charge is 2.26. The van der Waals surface area contributed by atoms with E-state index in [1.54, 1.807) is 41.8 Å². The standard InChI is InChI=1S/C21H15ClN4O3/c1-12-18(15-4-2-13(7-23)3-5-15)19(21(28)29)17(8-24)26(12)10-14-6-16(11-27)20(22)25-9-14/h2-6,9,27H,10-11H2,1H3,(H,28,29). The fraction of sp³-hybridized carbons (Fsp3) is 0.143. The first-order valence-corrected chi connectivity index (χ1v) is 8.90. The van der Waals surface area contributed by atoms with Crippen molar-refractivity contribution in [2.45, 2.75) is 20.1 Å². The van der Waals surface area contributed by atoms with Crippen LogP contribution in [0, 0.1) is 29.6 Å². The molecule has 0 bridgehead atoms. The maximum absolute atomic E-state index is 12.0. The lowest BCUT2D eigenvalue weighted by molar-refractivity contribution is 0.0697. The first kappa shape index (κ1) is 20.1. The van der Waals surface area contributed by atoms with E-state index in [0.717, 1.165) is 0 Å². The van der Waals surface area contributed by atoms with Crippen LogP contribution in [0.4, 0.5) is 0 Å². The van der Waals surface area contributed by atoms with Gasteiger partial charge in [0.25, 0.3) is 0 Å². The van der Waals surface area contributed by atoms with Gasteiger partial charge in [-0.05, 0) is 36.2 Å². The Morgan fingerprint density at radius 3 is 2.48 bits per heavy atom. The van der Waals surface area contributed by atoms with Crippen molar-refractivity contribution in [3.8, 4) is 23.3 Å². The van der Waals surface area contributed by atoms with E-state index in [0.29, 0.717) is 33.5 Å². The topological polar surface area (TPSA) is 123 Å². The van der Waals surface area contributed by atoms with Gasteiger partial charge in [-0.15, -0.1) is 0 Å². The molecule has 144 valence electrons. The van der Waals surface area contributed by atoms with Gasteiger partial charge >= 0.3 is 5.97 Å². The number of hydrogen-bond donors (Lipinski definition) is 2. The second-order valence-corrected chi connectivity index (χ2v) is 6.69. The zero-order valence-electron chi connectivity index (χ0n) is 15.3. The molecule has 2 N–H and O–H groups in total. The Labute approximate surface area is 171 Å². The lowest BCUT2D eigenvalue weighted by Crippen LogP contribution is -2.07. The van der Waals surface area contributed by atoms with Gasteiger partial charge in [-0.3, -0.25) is 0 Å². The summed E-state index contributed by atoms with van der Waals surface area (Å²) in [6.45, 7) is 1.63. The van der Waals surface area contributed by atoms with Crippen molar-refractivity contribution in [1.29, 1.82) is 10.5 Å². The predicted molar refractivity (Wildman–Crippen MR) is 105 cm³/mol. The van der Waals surface area contributed by atoms with Crippen LogP contribution in [0.25, 0.3) is 11.1 Å². The van der Waals surface area contributed by atoms with Crippen molar-refractivity contribution in [2.24, 2.45) is 0 Å². The molecule has 0 atom stereocenters. The third-order valence-electron chi connectivity index (χ3n) is 4.63. The number of aliphatic hydroxyl groups excluding tert-OH is 1. The second kappa shape index (κ2) is 8.15. The van der Waals surface area contributed by atoms with Crippen molar-refractivity contribution in [3.05, 3.63) is 75.3 Å². The number of carboxylic acid groups (broad SMARTS) is 1. The van der Waals surface area contributed by atoms with Crippen LogP contribution in [0.3, 0.4) is 0 Å². The van der Waals surface area contributed by atoms with E-state index in [-0.39, 0.29) is 29.6 Å². The quantitative estimate of drug-likeness (QED) is 0.625. The fourth-order valence-corrected chi connectivity index (χ4v) is 3.41. The number of pyridine rings is 1. The molecule has 0 unspecified atom stereocenters.